The Hall–Kier alpha value is -1.06. The van der Waals surface area contributed by atoms with E-state index in [0.29, 0.717) is 6.61 Å². The van der Waals surface area contributed by atoms with Gasteiger partial charge in [-0.05, 0) is 57.0 Å². The molecule has 2 N–H and O–H groups in total. The van der Waals surface area contributed by atoms with Crippen molar-refractivity contribution in [2.45, 2.75) is 26.2 Å². The molecule has 3 nitrogen and oxygen atoms in total. The number of benzene rings is 1. The van der Waals surface area contributed by atoms with Gasteiger partial charge in [-0.3, -0.25) is 4.79 Å². The fourth-order valence-corrected chi connectivity index (χ4v) is 1.40. The summed E-state index contributed by atoms with van der Waals surface area (Å²) in [7, 11) is 0. The lowest BCUT2D eigenvalue weighted by atomic mass is 10.1. The van der Waals surface area contributed by atoms with Gasteiger partial charge in [-0.15, -0.1) is 12.4 Å². The number of unbranched alkanes of at least 4 members (excludes halogenated alkanes) is 2. The van der Waals surface area contributed by atoms with E-state index in [0.717, 1.165) is 37.1 Å². The predicted molar refractivity (Wildman–Crippen MR) is 72.1 cm³/mol. The van der Waals surface area contributed by atoms with Gasteiger partial charge in [0.2, 0.25) is 0 Å². The normalized spacial score (nSPS) is 9.53. The Kier molecular flexibility index (Phi) is 8.46. The Morgan fingerprint density at radius 3 is 2.35 bits per heavy atom. The van der Waals surface area contributed by atoms with Gasteiger partial charge in [0.1, 0.15) is 5.75 Å². The van der Waals surface area contributed by atoms with Crippen molar-refractivity contribution in [2.24, 2.45) is 5.73 Å². The van der Waals surface area contributed by atoms with E-state index in [1.165, 1.54) is 0 Å². The van der Waals surface area contributed by atoms with Crippen molar-refractivity contribution in [1.82, 2.24) is 0 Å². The smallest absolute Gasteiger partial charge is 0.159 e. The van der Waals surface area contributed by atoms with Gasteiger partial charge in [-0.2, -0.15) is 0 Å². The summed E-state index contributed by atoms with van der Waals surface area (Å²) in [5.41, 5.74) is 6.11. The minimum Gasteiger partial charge on any atom is -0.494 e. The van der Waals surface area contributed by atoms with Crippen LogP contribution in [0.1, 0.15) is 36.5 Å². The standard InChI is InChI=1S/C13H19NO2.ClH/c1-11(15)12-5-7-13(8-6-12)16-10-4-2-3-9-14;/h5-8H,2-4,9-10,14H2,1H3;1H. The second-order valence-corrected chi connectivity index (χ2v) is 3.78. The molecule has 0 aliphatic heterocycles. The zero-order valence-corrected chi connectivity index (χ0v) is 11.0. The van der Waals surface area contributed by atoms with Gasteiger partial charge in [0.25, 0.3) is 0 Å². The summed E-state index contributed by atoms with van der Waals surface area (Å²) >= 11 is 0. The maximum absolute atomic E-state index is 11.0. The van der Waals surface area contributed by atoms with E-state index < -0.39 is 0 Å². The summed E-state index contributed by atoms with van der Waals surface area (Å²) in [5, 5.41) is 0. The monoisotopic (exact) mass is 257 g/mol. The molecule has 0 spiro atoms. The average Bonchev–Trinajstić information content (AvgIpc) is 2.29. The van der Waals surface area contributed by atoms with Gasteiger partial charge in [-0.1, -0.05) is 0 Å². The maximum Gasteiger partial charge on any atom is 0.159 e. The van der Waals surface area contributed by atoms with Crippen LogP contribution in [0.2, 0.25) is 0 Å². The van der Waals surface area contributed by atoms with Gasteiger partial charge in [0.15, 0.2) is 5.78 Å². The maximum atomic E-state index is 11.0. The van der Waals surface area contributed by atoms with E-state index in [4.69, 9.17) is 10.5 Å². The molecule has 0 saturated heterocycles. The van der Waals surface area contributed by atoms with Crippen molar-refractivity contribution in [1.29, 1.82) is 0 Å². The molecule has 0 bridgehead atoms. The molecule has 0 aromatic heterocycles. The highest BCUT2D eigenvalue weighted by Crippen LogP contribution is 2.13. The van der Waals surface area contributed by atoms with Crippen LogP contribution in [0.4, 0.5) is 0 Å². The van der Waals surface area contributed by atoms with E-state index in [1.54, 1.807) is 19.1 Å². The third-order valence-corrected chi connectivity index (χ3v) is 2.38. The van der Waals surface area contributed by atoms with Crippen LogP contribution in [0.5, 0.6) is 5.75 Å². The first-order chi connectivity index (χ1) is 7.74. The van der Waals surface area contributed by atoms with Gasteiger partial charge in [0.05, 0.1) is 6.61 Å². The topological polar surface area (TPSA) is 52.3 Å². The van der Waals surface area contributed by atoms with Gasteiger partial charge in [0, 0.05) is 5.56 Å². The molecule has 0 fully saturated rings. The number of carbonyl (C=O) groups is 1. The Labute approximate surface area is 109 Å². The first kappa shape index (κ1) is 15.9. The average molecular weight is 258 g/mol. The summed E-state index contributed by atoms with van der Waals surface area (Å²) < 4.78 is 5.54. The number of Topliss-reactive ketones (excluding diaryl/α,β-unsaturated/α-hetero) is 1. The third kappa shape index (κ3) is 6.29. The second kappa shape index (κ2) is 9.02. The largest absolute Gasteiger partial charge is 0.494 e. The molecule has 1 aromatic carbocycles. The molecular formula is C13H20ClNO2. The molecule has 0 amide bonds. The van der Waals surface area contributed by atoms with Crippen LogP contribution in [0.25, 0.3) is 0 Å². The van der Waals surface area contributed by atoms with E-state index in [2.05, 4.69) is 0 Å². The zero-order chi connectivity index (χ0) is 11.8. The van der Waals surface area contributed by atoms with Crippen molar-refractivity contribution in [3.05, 3.63) is 29.8 Å². The number of rotatable bonds is 7. The fraction of sp³-hybridized carbons (Fsp3) is 0.462. The summed E-state index contributed by atoms with van der Waals surface area (Å²) in [6, 6.07) is 7.24. The van der Waals surface area contributed by atoms with Crippen molar-refractivity contribution in [2.75, 3.05) is 13.2 Å². The van der Waals surface area contributed by atoms with Crippen molar-refractivity contribution >= 4 is 18.2 Å². The molecule has 96 valence electrons. The van der Waals surface area contributed by atoms with Crippen LogP contribution < -0.4 is 10.5 Å². The first-order valence-corrected chi connectivity index (χ1v) is 5.68. The number of ether oxygens (including phenoxy) is 1. The van der Waals surface area contributed by atoms with Crippen LogP contribution in [0.3, 0.4) is 0 Å². The van der Waals surface area contributed by atoms with Crippen molar-refractivity contribution in [3.8, 4) is 5.75 Å². The third-order valence-electron chi connectivity index (χ3n) is 2.38. The van der Waals surface area contributed by atoms with Crippen LogP contribution in [-0.2, 0) is 0 Å². The molecule has 0 unspecified atom stereocenters. The summed E-state index contributed by atoms with van der Waals surface area (Å²) in [6.45, 7) is 3.01. The zero-order valence-electron chi connectivity index (χ0n) is 10.1. The molecule has 0 atom stereocenters. The second-order valence-electron chi connectivity index (χ2n) is 3.78. The molecule has 4 heteroatoms. The van der Waals surface area contributed by atoms with Gasteiger partial charge in [-0.25, -0.2) is 0 Å². The molecular weight excluding hydrogens is 238 g/mol. The lowest BCUT2D eigenvalue weighted by molar-refractivity contribution is 0.101. The van der Waals surface area contributed by atoms with Crippen LogP contribution in [-0.4, -0.2) is 18.9 Å². The lowest BCUT2D eigenvalue weighted by Crippen LogP contribution is -2.01. The van der Waals surface area contributed by atoms with Crippen molar-refractivity contribution in [3.63, 3.8) is 0 Å². The molecule has 0 saturated carbocycles. The predicted octanol–water partition coefficient (Wildman–Crippen LogP) is 2.82. The van der Waals surface area contributed by atoms with E-state index in [-0.39, 0.29) is 18.2 Å². The lowest BCUT2D eigenvalue weighted by Gasteiger charge is -2.06. The van der Waals surface area contributed by atoms with Crippen LogP contribution in [0.15, 0.2) is 24.3 Å². The highest BCUT2D eigenvalue weighted by Gasteiger charge is 1.99. The number of ketones is 1. The van der Waals surface area contributed by atoms with Gasteiger partial charge >= 0.3 is 0 Å². The number of carbonyl (C=O) groups excluding carboxylic acids is 1. The van der Waals surface area contributed by atoms with Crippen LogP contribution in [0, 0.1) is 0 Å². The Bertz CT molecular complexity index is 325. The molecule has 1 rings (SSSR count). The number of hydrogen-bond acceptors (Lipinski definition) is 3. The molecule has 0 aliphatic rings. The highest BCUT2D eigenvalue weighted by molar-refractivity contribution is 5.94. The fourth-order valence-electron chi connectivity index (χ4n) is 1.40. The number of nitrogens with two attached hydrogens (primary N) is 1. The summed E-state index contributed by atoms with van der Waals surface area (Å²) in [4.78, 5) is 11.0. The Balaban J connectivity index is 0.00000256. The molecule has 1 aromatic rings. The summed E-state index contributed by atoms with van der Waals surface area (Å²) in [5.74, 6) is 0.896. The SMILES string of the molecule is CC(=O)c1ccc(OCCCCCN)cc1.Cl. The Morgan fingerprint density at radius 2 is 1.82 bits per heavy atom. The minimum absolute atomic E-state index is 0. The molecule has 17 heavy (non-hydrogen) atoms. The van der Waals surface area contributed by atoms with E-state index in [1.807, 2.05) is 12.1 Å². The molecule has 0 heterocycles. The quantitative estimate of drug-likeness (QED) is 0.604. The van der Waals surface area contributed by atoms with E-state index in [9.17, 15) is 4.79 Å². The minimum atomic E-state index is 0. The van der Waals surface area contributed by atoms with Crippen LogP contribution >= 0.6 is 12.4 Å². The molecule has 0 aliphatic carbocycles. The highest BCUT2D eigenvalue weighted by atomic mass is 35.5. The Morgan fingerprint density at radius 1 is 1.18 bits per heavy atom. The molecule has 0 radical (unpaired) electrons. The number of halogens is 1. The summed E-state index contributed by atoms with van der Waals surface area (Å²) in [6.07, 6.45) is 3.17. The first-order valence-electron chi connectivity index (χ1n) is 5.68. The van der Waals surface area contributed by atoms with E-state index >= 15 is 0 Å². The van der Waals surface area contributed by atoms with Crippen molar-refractivity contribution < 1.29 is 9.53 Å². The van der Waals surface area contributed by atoms with Gasteiger partial charge < -0.3 is 10.5 Å². The number of hydrogen-bond donors (Lipinski definition) is 1.